The summed E-state index contributed by atoms with van der Waals surface area (Å²) in [5.74, 6) is 0. The molecule has 0 bridgehead atoms. The van der Waals surface area contributed by atoms with Crippen LogP contribution in [0.25, 0.3) is 0 Å². The van der Waals surface area contributed by atoms with Gasteiger partial charge in [0.05, 0.1) is 28.3 Å². The summed E-state index contributed by atoms with van der Waals surface area (Å²) in [6.07, 6.45) is 3.56. The van der Waals surface area contributed by atoms with Gasteiger partial charge in [0.15, 0.2) is 0 Å². The van der Waals surface area contributed by atoms with Crippen LogP contribution in [-0.4, -0.2) is 24.7 Å². The van der Waals surface area contributed by atoms with Crippen LogP contribution in [0.5, 0.6) is 0 Å². The number of hydrogen-bond acceptors (Lipinski definition) is 4. The highest BCUT2D eigenvalue weighted by atomic mass is 35.5. The standard InChI is InChI=1S/C12H15ClN4O2S/c1-9-7-15-17(8-9)5-4-16-20(18,19)10-2-3-12(14)11(13)6-10/h2-3,6-8,16H,4-5,14H2,1H3. The molecule has 0 saturated heterocycles. The highest BCUT2D eigenvalue weighted by molar-refractivity contribution is 7.89. The minimum absolute atomic E-state index is 0.0911. The molecule has 6 nitrogen and oxygen atoms in total. The van der Waals surface area contributed by atoms with Crippen molar-refractivity contribution in [2.75, 3.05) is 12.3 Å². The quantitative estimate of drug-likeness (QED) is 0.816. The van der Waals surface area contributed by atoms with Crippen molar-refractivity contribution in [2.24, 2.45) is 0 Å². The van der Waals surface area contributed by atoms with Crippen molar-refractivity contribution in [3.05, 3.63) is 41.2 Å². The minimum atomic E-state index is -3.59. The number of sulfonamides is 1. The molecule has 20 heavy (non-hydrogen) atoms. The monoisotopic (exact) mass is 314 g/mol. The van der Waals surface area contributed by atoms with E-state index in [0.29, 0.717) is 12.2 Å². The molecule has 0 aliphatic carbocycles. The normalized spacial score (nSPS) is 11.7. The van der Waals surface area contributed by atoms with Crippen molar-refractivity contribution >= 4 is 27.3 Å². The summed E-state index contributed by atoms with van der Waals surface area (Å²) in [4.78, 5) is 0.0911. The van der Waals surface area contributed by atoms with Crippen LogP contribution in [0, 0.1) is 6.92 Å². The van der Waals surface area contributed by atoms with Gasteiger partial charge in [-0.25, -0.2) is 13.1 Å². The lowest BCUT2D eigenvalue weighted by Crippen LogP contribution is -2.27. The Morgan fingerprint density at radius 2 is 2.20 bits per heavy atom. The first-order valence-corrected chi connectivity index (χ1v) is 7.78. The largest absolute Gasteiger partial charge is 0.398 e. The molecule has 8 heteroatoms. The molecule has 0 fully saturated rings. The van der Waals surface area contributed by atoms with Gasteiger partial charge in [0.1, 0.15) is 0 Å². The maximum Gasteiger partial charge on any atom is 0.240 e. The Balaban J connectivity index is 2.02. The summed E-state index contributed by atoms with van der Waals surface area (Å²) < 4.78 is 28.3. The second-order valence-corrected chi connectivity index (χ2v) is 6.54. The molecule has 108 valence electrons. The van der Waals surface area contributed by atoms with Gasteiger partial charge in [-0.1, -0.05) is 11.6 Å². The van der Waals surface area contributed by atoms with E-state index in [2.05, 4.69) is 9.82 Å². The summed E-state index contributed by atoms with van der Waals surface area (Å²) >= 11 is 5.82. The van der Waals surface area contributed by atoms with Gasteiger partial charge in [-0.15, -0.1) is 0 Å². The van der Waals surface area contributed by atoms with Crippen molar-refractivity contribution in [1.29, 1.82) is 0 Å². The number of nitrogens with one attached hydrogen (secondary N) is 1. The van der Waals surface area contributed by atoms with Crippen LogP contribution in [0.2, 0.25) is 5.02 Å². The molecule has 0 saturated carbocycles. The number of nitrogens with two attached hydrogens (primary N) is 1. The fourth-order valence-electron chi connectivity index (χ4n) is 1.64. The number of rotatable bonds is 5. The Kier molecular flexibility index (Phi) is 4.32. The molecule has 0 spiro atoms. The number of aromatic nitrogens is 2. The number of benzene rings is 1. The van der Waals surface area contributed by atoms with E-state index in [4.69, 9.17) is 17.3 Å². The SMILES string of the molecule is Cc1cnn(CCNS(=O)(=O)c2ccc(N)c(Cl)c2)c1. The fourth-order valence-corrected chi connectivity index (χ4v) is 2.93. The van der Waals surface area contributed by atoms with E-state index in [9.17, 15) is 8.42 Å². The van der Waals surface area contributed by atoms with Crippen LogP contribution in [0.1, 0.15) is 5.56 Å². The Morgan fingerprint density at radius 3 is 2.80 bits per heavy atom. The molecule has 3 N–H and O–H groups in total. The van der Waals surface area contributed by atoms with E-state index < -0.39 is 10.0 Å². The Labute approximate surface area is 122 Å². The van der Waals surface area contributed by atoms with Crippen LogP contribution in [0.4, 0.5) is 5.69 Å². The first-order chi connectivity index (χ1) is 9.38. The molecule has 1 heterocycles. The second kappa shape index (κ2) is 5.82. The molecule has 2 aromatic rings. The van der Waals surface area contributed by atoms with Crippen molar-refractivity contribution in [3.63, 3.8) is 0 Å². The summed E-state index contributed by atoms with van der Waals surface area (Å²) in [6, 6.07) is 4.21. The lowest BCUT2D eigenvalue weighted by Gasteiger charge is -2.08. The molecule has 0 unspecified atom stereocenters. The van der Waals surface area contributed by atoms with E-state index in [1.54, 1.807) is 10.9 Å². The Hall–Kier alpha value is -1.57. The van der Waals surface area contributed by atoms with Gasteiger partial charge in [0.2, 0.25) is 10.0 Å². The number of nitrogen functional groups attached to an aromatic ring is 1. The van der Waals surface area contributed by atoms with Crippen molar-refractivity contribution in [3.8, 4) is 0 Å². The molecular weight excluding hydrogens is 300 g/mol. The first kappa shape index (κ1) is 14.8. The number of halogens is 1. The van der Waals surface area contributed by atoms with E-state index >= 15 is 0 Å². The van der Waals surface area contributed by atoms with Crippen LogP contribution < -0.4 is 10.5 Å². The van der Waals surface area contributed by atoms with Crippen LogP contribution in [-0.2, 0) is 16.6 Å². The third-order valence-corrected chi connectivity index (χ3v) is 4.46. The average Bonchev–Trinajstić information content (AvgIpc) is 2.78. The van der Waals surface area contributed by atoms with Gasteiger partial charge in [0, 0.05) is 12.7 Å². The molecule has 1 aromatic carbocycles. The van der Waals surface area contributed by atoms with Crippen molar-refractivity contribution in [2.45, 2.75) is 18.4 Å². The lowest BCUT2D eigenvalue weighted by atomic mass is 10.3. The second-order valence-electron chi connectivity index (χ2n) is 4.36. The van der Waals surface area contributed by atoms with E-state index in [1.807, 2.05) is 13.1 Å². The van der Waals surface area contributed by atoms with Crippen LogP contribution in [0.15, 0.2) is 35.5 Å². The smallest absolute Gasteiger partial charge is 0.240 e. The highest BCUT2D eigenvalue weighted by Gasteiger charge is 2.14. The maximum atomic E-state index is 12.1. The van der Waals surface area contributed by atoms with Gasteiger partial charge in [-0.2, -0.15) is 5.10 Å². The molecule has 0 aliphatic heterocycles. The summed E-state index contributed by atoms with van der Waals surface area (Å²) in [6.45, 7) is 2.62. The van der Waals surface area contributed by atoms with Crippen molar-refractivity contribution < 1.29 is 8.42 Å². The Morgan fingerprint density at radius 1 is 1.45 bits per heavy atom. The molecule has 1 aromatic heterocycles. The van der Waals surface area contributed by atoms with Gasteiger partial charge >= 0.3 is 0 Å². The predicted octanol–water partition coefficient (Wildman–Crippen LogP) is 1.41. The zero-order valence-electron chi connectivity index (χ0n) is 10.9. The van der Waals surface area contributed by atoms with Crippen LogP contribution in [0.3, 0.4) is 0 Å². The van der Waals surface area contributed by atoms with Gasteiger partial charge in [0.25, 0.3) is 0 Å². The van der Waals surface area contributed by atoms with E-state index in [-0.39, 0.29) is 16.5 Å². The summed E-state index contributed by atoms with van der Waals surface area (Å²) in [5, 5.41) is 4.30. The molecular formula is C12H15ClN4O2S. The fraction of sp³-hybridized carbons (Fsp3) is 0.250. The molecule has 0 atom stereocenters. The third kappa shape index (κ3) is 3.50. The van der Waals surface area contributed by atoms with E-state index in [1.165, 1.54) is 18.2 Å². The van der Waals surface area contributed by atoms with Gasteiger partial charge in [-0.05, 0) is 30.7 Å². The summed E-state index contributed by atoms with van der Waals surface area (Å²) in [5.41, 5.74) is 6.92. The van der Waals surface area contributed by atoms with Crippen molar-refractivity contribution in [1.82, 2.24) is 14.5 Å². The zero-order chi connectivity index (χ0) is 14.8. The highest BCUT2D eigenvalue weighted by Crippen LogP contribution is 2.22. The van der Waals surface area contributed by atoms with Gasteiger partial charge < -0.3 is 5.73 Å². The lowest BCUT2D eigenvalue weighted by molar-refractivity contribution is 0.561. The average molecular weight is 315 g/mol. The molecule has 0 radical (unpaired) electrons. The number of anilines is 1. The van der Waals surface area contributed by atoms with Crippen LogP contribution >= 0.6 is 11.6 Å². The minimum Gasteiger partial charge on any atom is -0.398 e. The topological polar surface area (TPSA) is 90.0 Å². The maximum absolute atomic E-state index is 12.1. The molecule has 2 rings (SSSR count). The number of hydrogen-bond donors (Lipinski definition) is 2. The predicted molar refractivity (Wildman–Crippen MR) is 78.0 cm³/mol. The molecule has 0 amide bonds. The van der Waals surface area contributed by atoms with E-state index in [0.717, 1.165) is 5.56 Å². The summed E-state index contributed by atoms with van der Waals surface area (Å²) in [7, 11) is -3.59. The zero-order valence-corrected chi connectivity index (χ0v) is 12.4. The molecule has 0 aliphatic rings. The first-order valence-electron chi connectivity index (χ1n) is 5.92. The number of nitrogens with zero attached hydrogens (tertiary/aromatic N) is 2. The number of aryl methyl sites for hydroxylation is 1. The van der Waals surface area contributed by atoms with Gasteiger partial charge in [-0.3, -0.25) is 4.68 Å². The third-order valence-electron chi connectivity index (χ3n) is 2.68. The Bertz CT molecular complexity index is 712.